The second-order valence-corrected chi connectivity index (χ2v) is 1.91. The van der Waals surface area contributed by atoms with Crippen LogP contribution in [0.2, 0.25) is 0 Å². The van der Waals surface area contributed by atoms with E-state index >= 15 is 0 Å². The topological polar surface area (TPSA) is 94.8 Å². The maximum absolute atomic E-state index is 9.75. The second-order valence-electron chi connectivity index (χ2n) is 1.91. The average molecular weight is 216 g/mol. The molecule has 0 aliphatic heterocycles. The quantitative estimate of drug-likeness (QED) is 0.374. The van der Waals surface area contributed by atoms with Crippen LogP contribution in [-0.4, -0.2) is 27.4 Å². The molecule has 0 saturated heterocycles. The summed E-state index contributed by atoms with van der Waals surface area (Å²) in [6.07, 6.45) is 5.90. The van der Waals surface area contributed by atoms with Gasteiger partial charge in [-0.2, -0.15) is 0 Å². The Labute approximate surface area is 88.7 Å². The molecule has 0 unspecified atom stereocenters. The first kappa shape index (κ1) is 18.7. The number of hydrogen-bond donors (Lipinski definition) is 3. The molecule has 0 aliphatic carbocycles. The second kappa shape index (κ2) is 17.9. The van der Waals surface area contributed by atoms with Crippen molar-refractivity contribution in [3.05, 3.63) is 37.0 Å². The van der Waals surface area contributed by atoms with Gasteiger partial charge < -0.3 is 15.3 Å². The molecular weight excluding hydrogens is 200 g/mol. The van der Waals surface area contributed by atoms with E-state index in [4.69, 9.17) is 20.1 Å². The molecule has 0 aromatic heterocycles. The number of carboxylic acids is 1. The number of allylic oxidation sites excluding steroid dienone is 4. The number of aliphatic carboxylic acids is 1. The third-order valence-electron chi connectivity index (χ3n) is 0.542. The fourth-order valence-electron chi connectivity index (χ4n) is 0.249. The monoisotopic (exact) mass is 216 g/mol. The molecule has 5 nitrogen and oxygen atoms in total. The molecule has 0 atom stereocenters. The van der Waals surface area contributed by atoms with Gasteiger partial charge >= 0.3 is 12.1 Å². The van der Waals surface area contributed by atoms with Gasteiger partial charge in [0.05, 0.1) is 0 Å². The van der Waals surface area contributed by atoms with Crippen LogP contribution >= 0.6 is 0 Å². The van der Waals surface area contributed by atoms with E-state index in [2.05, 4.69) is 6.58 Å². The normalized spacial score (nSPS) is 8.40. The van der Waals surface area contributed by atoms with Gasteiger partial charge in [-0.1, -0.05) is 24.3 Å². The Morgan fingerprint density at radius 2 is 1.40 bits per heavy atom. The molecule has 0 aliphatic rings. The third-order valence-corrected chi connectivity index (χ3v) is 0.542. The summed E-state index contributed by atoms with van der Waals surface area (Å²) in [6, 6.07) is 0. The molecule has 15 heavy (non-hydrogen) atoms. The van der Waals surface area contributed by atoms with Crippen molar-refractivity contribution in [1.82, 2.24) is 0 Å². The van der Waals surface area contributed by atoms with Crippen molar-refractivity contribution in [2.75, 3.05) is 0 Å². The molecule has 0 aromatic carbocycles. The van der Waals surface area contributed by atoms with Gasteiger partial charge in [-0.25, -0.2) is 9.59 Å². The highest BCUT2D eigenvalue weighted by atomic mass is 16.6. The maximum Gasteiger partial charge on any atom is 0.503 e. The van der Waals surface area contributed by atoms with Gasteiger partial charge in [-0.05, 0) is 13.8 Å². The molecule has 5 heteroatoms. The Kier molecular flexibility index (Phi) is 22.3. The Hall–Kier alpha value is -2.04. The van der Waals surface area contributed by atoms with Crippen LogP contribution in [0.5, 0.6) is 0 Å². The largest absolute Gasteiger partial charge is 0.503 e. The fourth-order valence-corrected chi connectivity index (χ4v) is 0.249. The first-order valence-corrected chi connectivity index (χ1v) is 3.93. The zero-order valence-electron chi connectivity index (χ0n) is 8.75. The lowest BCUT2D eigenvalue weighted by atomic mass is 10.4. The van der Waals surface area contributed by atoms with Gasteiger partial charge in [0, 0.05) is 6.08 Å². The maximum atomic E-state index is 9.75. The number of rotatable bonds is 2. The van der Waals surface area contributed by atoms with Crippen molar-refractivity contribution in [2.45, 2.75) is 13.8 Å². The number of carboxylic acid groups (broad SMARTS) is 3. The molecule has 3 N–H and O–H groups in total. The average Bonchev–Trinajstić information content (AvgIpc) is 2.04. The Morgan fingerprint density at radius 1 is 1.07 bits per heavy atom. The van der Waals surface area contributed by atoms with Gasteiger partial charge in [0.25, 0.3) is 0 Å². The summed E-state index contributed by atoms with van der Waals surface area (Å²) in [5.74, 6) is -0.914. The molecule has 0 heterocycles. The van der Waals surface area contributed by atoms with Crippen LogP contribution in [0.15, 0.2) is 37.0 Å². The molecule has 0 spiro atoms. The van der Waals surface area contributed by atoms with Crippen molar-refractivity contribution >= 4 is 12.1 Å². The van der Waals surface area contributed by atoms with Crippen molar-refractivity contribution < 1.29 is 24.9 Å². The van der Waals surface area contributed by atoms with E-state index in [0.29, 0.717) is 0 Å². The predicted molar refractivity (Wildman–Crippen MR) is 58.1 cm³/mol. The van der Waals surface area contributed by atoms with E-state index in [1.54, 1.807) is 18.2 Å². The lowest BCUT2D eigenvalue weighted by molar-refractivity contribution is -0.131. The first-order chi connectivity index (χ1) is 6.92. The summed E-state index contributed by atoms with van der Waals surface area (Å²) in [4.78, 5) is 18.3. The number of carbonyl (C=O) groups is 2. The molecule has 0 radical (unpaired) electrons. The van der Waals surface area contributed by atoms with Gasteiger partial charge in [-0.3, -0.25) is 0 Å². The molecule has 0 aromatic rings. The zero-order valence-corrected chi connectivity index (χ0v) is 8.75. The Balaban J connectivity index is -0.000000173. The molecule has 0 saturated carbocycles. The standard InChI is InChI=1S/C6H8O2.C3H6.CH2O3/c1-2-3-4-5-6(7)8;1-3-2;2-1(3)4/h2-5H,1H3,(H,7,8);3H,1H2,2H3;(H2,2,3,4)/b3-2+,5-4+;;. The van der Waals surface area contributed by atoms with Crippen LogP contribution in [0, 0.1) is 0 Å². The SMILES string of the molecule is C/C=C/C=C/C(=O)O.C=CC.O=C(O)O. The van der Waals surface area contributed by atoms with E-state index in [1.807, 2.05) is 13.8 Å². The summed E-state index contributed by atoms with van der Waals surface area (Å²) in [6.45, 7) is 7.08. The molecular formula is C10H16O5. The minimum atomic E-state index is -1.83. The van der Waals surface area contributed by atoms with Crippen molar-refractivity contribution in [3.8, 4) is 0 Å². The molecule has 0 rings (SSSR count). The highest BCUT2D eigenvalue weighted by Crippen LogP contribution is 1.74. The van der Waals surface area contributed by atoms with Gasteiger partial charge in [0.2, 0.25) is 0 Å². The van der Waals surface area contributed by atoms with E-state index in [1.165, 1.54) is 6.08 Å². The summed E-state index contributed by atoms with van der Waals surface area (Å²) < 4.78 is 0. The van der Waals surface area contributed by atoms with Crippen LogP contribution in [0.25, 0.3) is 0 Å². The zero-order chi connectivity index (χ0) is 12.7. The van der Waals surface area contributed by atoms with E-state index in [0.717, 1.165) is 6.08 Å². The van der Waals surface area contributed by atoms with Gasteiger partial charge in [0.1, 0.15) is 0 Å². The fraction of sp³-hybridized carbons (Fsp3) is 0.200. The van der Waals surface area contributed by atoms with Crippen LogP contribution in [0.4, 0.5) is 4.79 Å². The molecule has 0 bridgehead atoms. The molecule has 0 fully saturated rings. The van der Waals surface area contributed by atoms with Crippen LogP contribution in [-0.2, 0) is 4.79 Å². The summed E-state index contributed by atoms with van der Waals surface area (Å²) >= 11 is 0. The van der Waals surface area contributed by atoms with Gasteiger partial charge in [0.15, 0.2) is 0 Å². The highest BCUT2D eigenvalue weighted by molar-refractivity contribution is 5.80. The van der Waals surface area contributed by atoms with Crippen molar-refractivity contribution in [3.63, 3.8) is 0 Å². The summed E-state index contributed by atoms with van der Waals surface area (Å²) in [5, 5.41) is 22.0. The first-order valence-electron chi connectivity index (χ1n) is 3.93. The van der Waals surface area contributed by atoms with E-state index in [9.17, 15) is 4.79 Å². The Bertz CT molecular complexity index is 224. The Morgan fingerprint density at radius 3 is 1.60 bits per heavy atom. The lowest BCUT2D eigenvalue weighted by Gasteiger charge is -1.72. The third kappa shape index (κ3) is 135. The summed E-state index contributed by atoms with van der Waals surface area (Å²) in [5.41, 5.74) is 0. The van der Waals surface area contributed by atoms with E-state index in [-0.39, 0.29) is 0 Å². The molecule has 86 valence electrons. The van der Waals surface area contributed by atoms with Crippen LogP contribution in [0.3, 0.4) is 0 Å². The highest BCUT2D eigenvalue weighted by Gasteiger charge is 1.78. The van der Waals surface area contributed by atoms with Crippen molar-refractivity contribution in [2.24, 2.45) is 0 Å². The minimum absolute atomic E-state index is 0.914. The number of hydrogen-bond acceptors (Lipinski definition) is 2. The molecule has 0 amide bonds. The van der Waals surface area contributed by atoms with Crippen molar-refractivity contribution in [1.29, 1.82) is 0 Å². The lowest BCUT2D eigenvalue weighted by Crippen LogP contribution is -1.83. The summed E-state index contributed by atoms with van der Waals surface area (Å²) in [7, 11) is 0. The minimum Gasteiger partial charge on any atom is -0.478 e. The predicted octanol–water partition coefficient (Wildman–Crippen LogP) is 2.62. The van der Waals surface area contributed by atoms with Crippen LogP contribution < -0.4 is 0 Å². The van der Waals surface area contributed by atoms with E-state index < -0.39 is 12.1 Å². The smallest absolute Gasteiger partial charge is 0.478 e. The van der Waals surface area contributed by atoms with Crippen LogP contribution in [0.1, 0.15) is 13.8 Å². The van der Waals surface area contributed by atoms with Gasteiger partial charge in [-0.15, -0.1) is 6.58 Å².